The van der Waals surface area contributed by atoms with Gasteiger partial charge < -0.3 is 9.64 Å². The molecule has 2 fully saturated rings. The molecule has 0 radical (unpaired) electrons. The molecular weight excluding hydrogens is 392 g/mol. The molecule has 1 aromatic carbocycles. The maximum Gasteiger partial charge on any atom is 0.338 e. The molecule has 7 nitrogen and oxygen atoms in total. The van der Waals surface area contributed by atoms with Gasteiger partial charge in [0.2, 0.25) is 10.0 Å². The molecule has 0 aliphatic carbocycles. The summed E-state index contributed by atoms with van der Waals surface area (Å²) in [6.45, 7) is 4.67. The summed E-state index contributed by atoms with van der Waals surface area (Å²) in [5.41, 5.74) is 0.135. The highest BCUT2D eigenvalue weighted by Gasteiger charge is 2.30. The Morgan fingerprint density at radius 3 is 2.34 bits per heavy atom. The molecule has 3 rings (SSSR count). The van der Waals surface area contributed by atoms with E-state index in [1.165, 1.54) is 28.6 Å². The number of ether oxygens (including phenoxy) is 1. The van der Waals surface area contributed by atoms with E-state index in [4.69, 9.17) is 4.74 Å². The number of hydrogen-bond donors (Lipinski definition) is 0. The van der Waals surface area contributed by atoms with Gasteiger partial charge in [0.05, 0.1) is 10.5 Å². The van der Waals surface area contributed by atoms with E-state index in [1.54, 1.807) is 4.90 Å². The van der Waals surface area contributed by atoms with Crippen LogP contribution in [0, 0.1) is 0 Å². The lowest BCUT2D eigenvalue weighted by Gasteiger charge is -2.38. The standard InChI is InChI=1S/C21H30N2O5S/c1-16-8-6-9-17(2)23(16)20(24)15-28-21(25)18-10-7-11-19(14-18)29(26,27)22-12-4-3-5-13-22/h7,10-11,14,16-17H,3-6,8-9,12-13,15H2,1-2H3/t16-,17-/m0/s1. The summed E-state index contributed by atoms with van der Waals surface area (Å²) in [6.07, 6.45) is 5.69. The van der Waals surface area contributed by atoms with Crippen LogP contribution in [0.3, 0.4) is 0 Å². The van der Waals surface area contributed by atoms with E-state index in [0.29, 0.717) is 13.1 Å². The topological polar surface area (TPSA) is 84.0 Å². The van der Waals surface area contributed by atoms with Crippen LogP contribution >= 0.6 is 0 Å². The van der Waals surface area contributed by atoms with Gasteiger partial charge in [-0.2, -0.15) is 4.31 Å². The van der Waals surface area contributed by atoms with Crippen molar-refractivity contribution >= 4 is 21.9 Å². The van der Waals surface area contributed by atoms with Gasteiger partial charge >= 0.3 is 5.97 Å². The Labute approximate surface area is 173 Å². The first-order valence-electron chi connectivity index (χ1n) is 10.4. The number of nitrogens with zero attached hydrogens (tertiary/aromatic N) is 2. The smallest absolute Gasteiger partial charge is 0.338 e. The minimum absolute atomic E-state index is 0.0819. The molecule has 2 aliphatic rings. The van der Waals surface area contributed by atoms with Crippen LogP contribution in [-0.2, 0) is 19.6 Å². The molecule has 0 bridgehead atoms. The second-order valence-electron chi connectivity index (χ2n) is 8.00. The predicted molar refractivity (Wildman–Crippen MR) is 109 cm³/mol. The summed E-state index contributed by atoms with van der Waals surface area (Å²) in [4.78, 5) is 26.9. The van der Waals surface area contributed by atoms with Crippen molar-refractivity contribution in [2.75, 3.05) is 19.7 Å². The van der Waals surface area contributed by atoms with Crippen molar-refractivity contribution in [2.24, 2.45) is 0 Å². The Balaban J connectivity index is 1.65. The number of hydrogen-bond acceptors (Lipinski definition) is 5. The van der Waals surface area contributed by atoms with Crippen LogP contribution in [0.25, 0.3) is 0 Å². The second-order valence-corrected chi connectivity index (χ2v) is 9.94. The Hall–Kier alpha value is -1.93. The van der Waals surface area contributed by atoms with Crippen LogP contribution in [0.4, 0.5) is 0 Å². The van der Waals surface area contributed by atoms with Gasteiger partial charge in [0.25, 0.3) is 5.91 Å². The van der Waals surface area contributed by atoms with Crippen LogP contribution in [0.15, 0.2) is 29.2 Å². The Morgan fingerprint density at radius 2 is 1.69 bits per heavy atom. The van der Waals surface area contributed by atoms with Crippen molar-refractivity contribution < 1.29 is 22.7 Å². The van der Waals surface area contributed by atoms with Gasteiger partial charge in [0.15, 0.2) is 6.61 Å². The van der Waals surface area contributed by atoms with Gasteiger partial charge in [-0.05, 0) is 64.2 Å². The minimum Gasteiger partial charge on any atom is -0.452 e. The molecule has 0 spiro atoms. The number of amides is 1. The van der Waals surface area contributed by atoms with Gasteiger partial charge in [-0.1, -0.05) is 12.5 Å². The molecule has 2 atom stereocenters. The number of piperidine rings is 2. The Kier molecular flexibility index (Phi) is 6.95. The normalized spacial score (nSPS) is 23.6. The SMILES string of the molecule is C[C@H]1CCC[C@H](C)N1C(=O)COC(=O)c1cccc(S(=O)(=O)N2CCCCC2)c1. The van der Waals surface area contributed by atoms with E-state index in [0.717, 1.165) is 38.5 Å². The minimum atomic E-state index is -3.63. The van der Waals surface area contributed by atoms with Crippen molar-refractivity contribution in [3.05, 3.63) is 29.8 Å². The monoisotopic (exact) mass is 422 g/mol. The van der Waals surface area contributed by atoms with E-state index in [9.17, 15) is 18.0 Å². The molecule has 2 heterocycles. The predicted octanol–water partition coefficient (Wildman–Crippen LogP) is 2.81. The molecular formula is C21H30N2O5S. The first-order chi connectivity index (χ1) is 13.8. The average molecular weight is 423 g/mol. The lowest BCUT2D eigenvalue weighted by Crippen LogP contribution is -2.49. The second kappa shape index (κ2) is 9.26. The molecule has 0 saturated carbocycles. The summed E-state index contributed by atoms with van der Waals surface area (Å²) in [5, 5.41) is 0. The number of carbonyl (C=O) groups is 2. The summed E-state index contributed by atoms with van der Waals surface area (Å²) in [5.74, 6) is -0.901. The van der Waals surface area contributed by atoms with Crippen LogP contribution < -0.4 is 0 Å². The highest BCUT2D eigenvalue weighted by Crippen LogP contribution is 2.23. The zero-order valence-electron chi connectivity index (χ0n) is 17.2. The van der Waals surface area contributed by atoms with E-state index in [2.05, 4.69) is 0 Å². The van der Waals surface area contributed by atoms with Crippen molar-refractivity contribution in [3.63, 3.8) is 0 Å². The fraction of sp³-hybridized carbons (Fsp3) is 0.619. The van der Waals surface area contributed by atoms with Gasteiger partial charge in [0, 0.05) is 25.2 Å². The fourth-order valence-corrected chi connectivity index (χ4v) is 5.80. The van der Waals surface area contributed by atoms with Gasteiger partial charge in [-0.3, -0.25) is 4.79 Å². The number of sulfonamides is 1. The Bertz CT molecular complexity index is 838. The van der Waals surface area contributed by atoms with E-state index >= 15 is 0 Å². The van der Waals surface area contributed by atoms with Crippen molar-refractivity contribution in [1.29, 1.82) is 0 Å². The third-order valence-electron chi connectivity index (χ3n) is 5.83. The van der Waals surface area contributed by atoms with Gasteiger partial charge in [0.1, 0.15) is 0 Å². The largest absolute Gasteiger partial charge is 0.452 e. The Morgan fingerprint density at radius 1 is 1.03 bits per heavy atom. The molecule has 160 valence electrons. The molecule has 29 heavy (non-hydrogen) atoms. The lowest BCUT2D eigenvalue weighted by molar-refractivity contribution is -0.140. The number of carbonyl (C=O) groups excluding carboxylic acids is 2. The summed E-state index contributed by atoms with van der Waals surface area (Å²) in [7, 11) is -3.63. The fourth-order valence-electron chi connectivity index (χ4n) is 4.24. The number of likely N-dealkylation sites (tertiary alicyclic amines) is 1. The zero-order valence-corrected chi connectivity index (χ0v) is 18.0. The molecule has 1 amide bonds. The number of benzene rings is 1. The molecule has 2 saturated heterocycles. The lowest BCUT2D eigenvalue weighted by atomic mass is 9.97. The third-order valence-corrected chi connectivity index (χ3v) is 7.73. The van der Waals surface area contributed by atoms with Crippen LogP contribution in [0.1, 0.15) is 62.7 Å². The van der Waals surface area contributed by atoms with E-state index in [-0.39, 0.29) is 35.1 Å². The first kappa shape index (κ1) is 21.8. The summed E-state index contributed by atoms with van der Waals surface area (Å²) < 4.78 is 32.3. The van der Waals surface area contributed by atoms with Gasteiger partial charge in [-0.15, -0.1) is 0 Å². The molecule has 0 unspecified atom stereocenters. The maximum atomic E-state index is 12.8. The highest BCUT2D eigenvalue weighted by molar-refractivity contribution is 7.89. The van der Waals surface area contributed by atoms with Crippen LogP contribution in [0.5, 0.6) is 0 Å². The molecule has 0 N–H and O–H groups in total. The van der Waals surface area contributed by atoms with Crippen LogP contribution in [0.2, 0.25) is 0 Å². The van der Waals surface area contributed by atoms with Crippen LogP contribution in [-0.4, -0.2) is 61.3 Å². The maximum absolute atomic E-state index is 12.8. The summed E-state index contributed by atoms with van der Waals surface area (Å²) >= 11 is 0. The average Bonchev–Trinajstić information content (AvgIpc) is 2.72. The van der Waals surface area contributed by atoms with Crippen molar-refractivity contribution in [1.82, 2.24) is 9.21 Å². The number of esters is 1. The zero-order chi connectivity index (χ0) is 21.0. The molecule has 0 aromatic heterocycles. The quantitative estimate of drug-likeness (QED) is 0.682. The molecule has 8 heteroatoms. The van der Waals surface area contributed by atoms with E-state index < -0.39 is 16.0 Å². The van der Waals surface area contributed by atoms with E-state index in [1.807, 2.05) is 13.8 Å². The third kappa shape index (κ3) is 4.98. The summed E-state index contributed by atoms with van der Waals surface area (Å²) in [6, 6.07) is 6.12. The first-order valence-corrected chi connectivity index (χ1v) is 11.8. The van der Waals surface area contributed by atoms with Gasteiger partial charge in [-0.25, -0.2) is 13.2 Å². The van der Waals surface area contributed by atoms with Crippen molar-refractivity contribution in [2.45, 2.75) is 69.4 Å². The number of rotatable bonds is 5. The highest BCUT2D eigenvalue weighted by atomic mass is 32.2. The molecule has 2 aliphatic heterocycles. The van der Waals surface area contributed by atoms with Crippen molar-refractivity contribution in [3.8, 4) is 0 Å². The molecule has 1 aromatic rings.